The fourth-order valence-electron chi connectivity index (χ4n) is 3.32. The Morgan fingerprint density at radius 2 is 2.00 bits per heavy atom. The number of aryl methyl sites for hydroxylation is 3. The number of hydrogen-bond acceptors (Lipinski definition) is 2. The van der Waals surface area contributed by atoms with E-state index in [0.29, 0.717) is 0 Å². The summed E-state index contributed by atoms with van der Waals surface area (Å²) >= 11 is 0. The molecule has 3 nitrogen and oxygen atoms in total. The van der Waals surface area contributed by atoms with Crippen LogP contribution in [0, 0.1) is 0 Å². The molecule has 2 aromatic rings. The zero-order valence-corrected chi connectivity index (χ0v) is 13.0. The zero-order valence-electron chi connectivity index (χ0n) is 13.0. The summed E-state index contributed by atoms with van der Waals surface area (Å²) in [7, 11) is 0. The second kappa shape index (κ2) is 5.64. The smallest absolute Gasteiger partial charge is 0.145 e. The molecule has 0 saturated carbocycles. The third-order valence-corrected chi connectivity index (χ3v) is 4.53. The van der Waals surface area contributed by atoms with Gasteiger partial charge in [-0.15, -0.1) is 0 Å². The van der Waals surface area contributed by atoms with Crippen LogP contribution in [0.25, 0.3) is 0 Å². The molecule has 1 aliphatic carbocycles. The molecule has 0 saturated heterocycles. The van der Waals surface area contributed by atoms with Crippen molar-refractivity contribution < 1.29 is 5.11 Å². The van der Waals surface area contributed by atoms with Crippen molar-refractivity contribution >= 4 is 0 Å². The molecule has 1 aromatic heterocycles. The summed E-state index contributed by atoms with van der Waals surface area (Å²) in [4.78, 5) is 4.41. The highest BCUT2D eigenvalue weighted by Crippen LogP contribution is 2.31. The number of fused-ring (bicyclic) bond motifs is 1. The van der Waals surface area contributed by atoms with Gasteiger partial charge in [0.05, 0.1) is 0 Å². The Balaban J connectivity index is 1.99. The highest BCUT2D eigenvalue weighted by molar-refractivity contribution is 5.38. The second-order valence-electron chi connectivity index (χ2n) is 6.21. The second-order valence-corrected chi connectivity index (χ2v) is 6.21. The van der Waals surface area contributed by atoms with Gasteiger partial charge in [0.1, 0.15) is 11.4 Å². The maximum Gasteiger partial charge on any atom is 0.145 e. The van der Waals surface area contributed by atoms with E-state index in [0.717, 1.165) is 30.8 Å². The van der Waals surface area contributed by atoms with E-state index in [2.05, 4.69) is 34.7 Å². The number of benzene rings is 1. The molecule has 0 spiro atoms. The molecule has 112 valence electrons. The average molecular weight is 284 g/mol. The summed E-state index contributed by atoms with van der Waals surface area (Å²) in [6.45, 7) is 4.87. The summed E-state index contributed by atoms with van der Waals surface area (Å²) in [5.41, 5.74) is 2.75. The molecular formula is C18H24N2O. The lowest BCUT2D eigenvalue weighted by Gasteiger charge is -2.26. The Kier molecular flexibility index (Phi) is 3.85. The van der Waals surface area contributed by atoms with E-state index in [-0.39, 0.29) is 0 Å². The molecule has 1 unspecified atom stereocenters. The van der Waals surface area contributed by atoms with Crippen molar-refractivity contribution in [2.24, 2.45) is 0 Å². The van der Waals surface area contributed by atoms with Crippen LogP contribution in [0.1, 0.15) is 55.6 Å². The van der Waals surface area contributed by atoms with Crippen LogP contribution in [0.4, 0.5) is 0 Å². The summed E-state index contributed by atoms with van der Waals surface area (Å²) in [6.07, 6.45) is 9.59. The fourth-order valence-corrected chi connectivity index (χ4v) is 3.32. The van der Waals surface area contributed by atoms with Gasteiger partial charge in [0.2, 0.25) is 0 Å². The third kappa shape index (κ3) is 2.62. The van der Waals surface area contributed by atoms with Crippen LogP contribution >= 0.6 is 0 Å². The van der Waals surface area contributed by atoms with Gasteiger partial charge >= 0.3 is 0 Å². The van der Waals surface area contributed by atoms with Crippen LogP contribution in [0.15, 0.2) is 30.6 Å². The van der Waals surface area contributed by atoms with Crippen molar-refractivity contribution in [3.63, 3.8) is 0 Å². The van der Waals surface area contributed by atoms with Crippen LogP contribution in [0.3, 0.4) is 0 Å². The molecule has 0 fully saturated rings. The van der Waals surface area contributed by atoms with Crippen molar-refractivity contribution in [1.82, 2.24) is 9.55 Å². The van der Waals surface area contributed by atoms with Gasteiger partial charge in [0.25, 0.3) is 0 Å². The summed E-state index contributed by atoms with van der Waals surface area (Å²) in [5, 5.41) is 11.1. The first-order valence-corrected chi connectivity index (χ1v) is 7.99. The monoisotopic (exact) mass is 284 g/mol. The molecule has 1 atom stereocenters. The minimum atomic E-state index is -1.04. The first kappa shape index (κ1) is 14.3. The predicted molar refractivity (Wildman–Crippen MR) is 84.3 cm³/mol. The number of aromatic nitrogens is 2. The van der Waals surface area contributed by atoms with Crippen LogP contribution in [-0.2, 0) is 25.0 Å². The Hall–Kier alpha value is -1.61. The first-order valence-electron chi connectivity index (χ1n) is 7.99. The standard InChI is InChI=1S/C18H24N2O/c1-3-11-20-12-10-19-17(20)18(2,21)16-9-8-14-6-4-5-7-15(14)13-16/h8-10,12-13,21H,3-7,11H2,1-2H3. The van der Waals surface area contributed by atoms with E-state index in [9.17, 15) is 5.11 Å². The molecule has 3 heteroatoms. The lowest BCUT2D eigenvalue weighted by Crippen LogP contribution is -2.28. The summed E-state index contributed by atoms with van der Waals surface area (Å²) in [5.74, 6) is 0.736. The maximum absolute atomic E-state index is 11.1. The molecule has 1 N–H and O–H groups in total. The van der Waals surface area contributed by atoms with Crippen molar-refractivity contribution in [1.29, 1.82) is 0 Å². The van der Waals surface area contributed by atoms with Crippen LogP contribution in [0.2, 0.25) is 0 Å². The van der Waals surface area contributed by atoms with E-state index >= 15 is 0 Å². The number of hydrogen-bond donors (Lipinski definition) is 1. The van der Waals surface area contributed by atoms with Gasteiger partial charge in [0, 0.05) is 18.9 Å². The highest BCUT2D eigenvalue weighted by atomic mass is 16.3. The average Bonchev–Trinajstić information content (AvgIpc) is 2.96. The highest BCUT2D eigenvalue weighted by Gasteiger charge is 2.31. The molecule has 3 rings (SSSR count). The predicted octanol–water partition coefficient (Wildman–Crippen LogP) is 3.43. The van der Waals surface area contributed by atoms with E-state index < -0.39 is 5.60 Å². The molecule has 0 aliphatic heterocycles. The topological polar surface area (TPSA) is 38.0 Å². The molecule has 0 radical (unpaired) electrons. The summed E-state index contributed by atoms with van der Waals surface area (Å²) in [6, 6.07) is 6.43. The maximum atomic E-state index is 11.1. The van der Waals surface area contributed by atoms with Gasteiger partial charge in [-0.25, -0.2) is 4.98 Å². The first-order chi connectivity index (χ1) is 10.1. The van der Waals surface area contributed by atoms with E-state index in [1.807, 2.05) is 13.1 Å². The number of nitrogens with zero attached hydrogens (tertiary/aromatic N) is 2. The van der Waals surface area contributed by atoms with Crippen LogP contribution in [-0.4, -0.2) is 14.7 Å². The Morgan fingerprint density at radius 3 is 2.76 bits per heavy atom. The zero-order chi connectivity index (χ0) is 14.9. The van der Waals surface area contributed by atoms with Gasteiger partial charge in [-0.05, 0) is 55.7 Å². The lowest BCUT2D eigenvalue weighted by atomic mass is 9.86. The van der Waals surface area contributed by atoms with E-state index in [4.69, 9.17) is 0 Å². The van der Waals surface area contributed by atoms with Crippen molar-refractivity contribution in [3.05, 3.63) is 53.1 Å². The summed E-state index contributed by atoms with van der Waals surface area (Å²) < 4.78 is 2.06. The fraction of sp³-hybridized carbons (Fsp3) is 0.500. The quantitative estimate of drug-likeness (QED) is 0.934. The Morgan fingerprint density at radius 1 is 1.24 bits per heavy atom. The van der Waals surface area contributed by atoms with Crippen molar-refractivity contribution in [2.45, 2.75) is 58.1 Å². The van der Waals surface area contributed by atoms with Gasteiger partial charge in [0.15, 0.2) is 0 Å². The number of aliphatic hydroxyl groups is 1. The normalized spacial score (nSPS) is 17.3. The Labute approximate surface area is 126 Å². The van der Waals surface area contributed by atoms with Crippen LogP contribution in [0.5, 0.6) is 0 Å². The minimum absolute atomic E-state index is 0.736. The number of rotatable bonds is 4. The molecular weight excluding hydrogens is 260 g/mol. The third-order valence-electron chi connectivity index (χ3n) is 4.53. The molecule has 21 heavy (non-hydrogen) atoms. The minimum Gasteiger partial charge on any atom is -0.377 e. The van der Waals surface area contributed by atoms with Gasteiger partial charge in [-0.3, -0.25) is 0 Å². The van der Waals surface area contributed by atoms with Crippen molar-refractivity contribution in [3.8, 4) is 0 Å². The number of imidazole rings is 1. The molecule has 1 heterocycles. The van der Waals surface area contributed by atoms with Crippen molar-refractivity contribution in [2.75, 3.05) is 0 Å². The largest absolute Gasteiger partial charge is 0.377 e. The van der Waals surface area contributed by atoms with Gasteiger partial charge < -0.3 is 9.67 Å². The van der Waals surface area contributed by atoms with Gasteiger partial charge in [-0.2, -0.15) is 0 Å². The Bertz CT molecular complexity index is 628. The molecule has 1 aliphatic rings. The SMILES string of the molecule is CCCn1ccnc1C(C)(O)c1ccc2c(c1)CCCC2. The molecule has 1 aromatic carbocycles. The lowest BCUT2D eigenvalue weighted by molar-refractivity contribution is 0.0877. The van der Waals surface area contributed by atoms with Crippen LogP contribution < -0.4 is 0 Å². The van der Waals surface area contributed by atoms with E-state index in [1.54, 1.807) is 6.20 Å². The van der Waals surface area contributed by atoms with Gasteiger partial charge in [-0.1, -0.05) is 25.1 Å². The molecule has 0 bridgehead atoms. The molecule has 0 amide bonds. The van der Waals surface area contributed by atoms with E-state index in [1.165, 1.54) is 30.4 Å².